The molecular weight excluding hydrogens is 339 g/mol. The molecule has 0 spiro atoms. The van der Waals surface area contributed by atoms with Crippen molar-refractivity contribution in [3.8, 4) is 5.75 Å². The maximum absolute atomic E-state index is 12.5. The maximum Gasteiger partial charge on any atom is 0.406 e. The Kier molecular flexibility index (Phi) is 4.57. The number of amides is 1. The van der Waals surface area contributed by atoms with E-state index in [0.717, 1.165) is 10.5 Å². The fourth-order valence-electron chi connectivity index (χ4n) is 2.11. The quantitative estimate of drug-likeness (QED) is 0.780. The van der Waals surface area contributed by atoms with Crippen molar-refractivity contribution in [2.24, 2.45) is 0 Å². The van der Waals surface area contributed by atoms with Crippen LogP contribution in [-0.4, -0.2) is 41.5 Å². The van der Waals surface area contributed by atoms with Gasteiger partial charge in [-0.15, -0.1) is 0 Å². The molecule has 110 valence electrons. The van der Waals surface area contributed by atoms with Crippen molar-refractivity contribution >= 4 is 21.8 Å². The number of carbonyl (C=O) groups is 1. The molecule has 1 amide bonds. The fraction of sp³-hybridized carbons (Fsp3) is 0.462. The summed E-state index contributed by atoms with van der Waals surface area (Å²) in [5, 5.41) is 0.286. The van der Waals surface area contributed by atoms with Gasteiger partial charge in [-0.25, -0.2) is 0 Å². The minimum Gasteiger partial charge on any atom is -0.480 e. The normalized spacial score (nSPS) is 17.5. The molecule has 1 heterocycles. The average molecular weight is 352 g/mol. The van der Waals surface area contributed by atoms with E-state index in [1.54, 1.807) is 24.3 Å². The van der Waals surface area contributed by atoms with E-state index < -0.39 is 24.7 Å². The van der Waals surface area contributed by atoms with E-state index in [9.17, 15) is 18.0 Å². The van der Waals surface area contributed by atoms with Gasteiger partial charge in [0.1, 0.15) is 12.3 Å². The first kappa shape index (κ1) is 15.2. The van der Waals surface area contributed by atoms with E-state index in [-0.39, 0.29) is 11.9 Å². The summed E-state index contributed by atoms with van der Waals surface area (Å²) >= 11 is 3.06. The Morgan fingerprint density at radius 3 is 2.70 bits per heavy atom. The average Bonchev–Trinajstić information content (AvgIpc) is 2.79. The summed E-state index contributed by atoms with van der Waals surface area (Å²) in [5.41, 5.74) is 0.844. The summed E-state index contributed by atoms with van der Waals surface area (Å²) in [6.07, 6.45) is -4.97. The molecule has 0 fully saturated rings. The Morgan fingerprint density at radius 2 is 2.10 bits per heavy atom. The summed E-state index contributed by atoms with van der Waals surface area (Å²) < 4.78 is 42.9. The van der Waals surface area contributed by atoms with Crippen LogP contribution in [0.15, 0.2) is 24.3 Å². The summed E-state index contributed by atoms with van der Waals surface area (Å²) in [4.78, 5) is 12.9. The molecule has 1 aromatic carbocycles. The number of hydrogen-bond donors (Lipinski definition) is 0. The first-order chi connectivity index (χ1) is 9.40. The van der Waals surface area contributed by atoms with Crippen molar-refractivity contribution in [1.29, 1.82) is 0 Å². The second-order valence-corrected chi connectivity index (χ2v) is 5.28. The molecule has 0 N–H and O–H groups in total. The Labute approximate surface area is 122 Å². The lowest BCUT2D eigenvalue weighted by Crippen LogP contribution is -2.46. The number of fused-ring (bicyclic) bond motifs is 1. The Balaban J connectivity index is 2.06. The molecule has 20 heavy (non-hydrogen) atoms. The Morgan fingerprint density at radius 1 is 1.40 bits per heavy atom. The summed E-state index contributed by atoms with van der Waals surface area (Å²) in [6.45, 7) is -1.26. The molecule has 1 aliphatic rings. The molecule has 0 radical (unpaired) electrons. The highest BCUT2D eigenvalue weighted by Gasteiger charge is 2.37. The van der Waals surface area contributed by atoms with Gasteiger partial charge in [0.25, 0.3) is 5.91 Å². The van der Waals surface area contributed by atoms with Crippen molar-refractivity contribution in [1.82, 2.24) is 4.90 Å². The van der Waals surface area contributed by atoms with Crippen molar-refractivity contribution in [3.05, 3.63) is 29.8 Å². The second-order valence-electron chi connectivity index (χ2n) is 4.48. The molecule has 2 rings (SSSR count). The number of nitrogens with zero attached hydrogens (tertiary/aromatic N) is 1. The zero-order valence-corrected chi connectivity index (χ0v) is 12.1. The van der Waals surface area contributed by atoms with Crippen LogP contribution in [0.4, 0.5) is 13.2 Å². The van der Waals surface area contributed by atoms with Gasteiger partial charge in [0.05, 0.1) is 0 Å². The van der Waals surface area contributed by atoms with Gasteiger partial charge in [0.2, 0.25) is 0 Å². The molecule has 0 saturated carbocycles. The van der Waals surface area contributed by atoms with Crippen LogP contribution in [0.1, 0.15) is 5.56 Å². The zero-order chi connectivity index (χ0) is 14.8. The first-order valence-corrected chi connectivity index (χ1v) is 7.19. The third-order valence-corrected chi connectivity index (χ3v) is 3.31. The van der Waals surface area contributed by atoms with Crippen LogP contribution in [0.3, 0.4) is 0 Å². The number of hydrogen-bond acceptors (Lipinski definition) is 2. The monoisotopic (exact) mass is 351 g/mol. The van der Waals surface area contributed by atoms with Gasteiger partial charge in [-0.3, -0.25) is 4.79 Å². The van der Waals surface area contributed by atoms with E-state index in [1.165, 1.54) is 0 Å². The molecule has 0 aliphatic carbocycles. The number of carbonyl (C=O) groups excluding carboxylic acids is 1. The topological polar surface area (TPSA) is 29.5 Å². The number of rotatable bonds is 4. The third kappa shape index (κ3) is 3.65. The van der Waals surface area contributed by atoms with Gasteiger partial charge in [-0.05, 0) is 11.6 Å². The highest BCUT2D eigenvalue weighted by molar-refractivity contribution is 9.09. The second kappa shape index (κ2) is 6.03. The summed E-state index contributed by atoms with van der Waals surface area (Å²) in [7, 11) is 0. The van der Waals surface area contributed by atoms with E-state index in [1.807, 2.05) is 0 Å². The van der Waals surface area contributed by atoms with Crippen LogP contribution in [0.25, 0.3) is 0 Å². The number of benzene rings is 1. The summed E-state index contributed by atoms with van der Waals surface area (Å²) in [5.74, 6) is -0.0605. The molecule has 1 atom stereocenters. The minimum atomic E-state index is -4.41. The van der Waals surface area contributed by atoms with Crippen molar-refractivity contribution in [2.75, 3.05) is 18.4 Å². The number of halogens is 4. The van der Waals surface area contributed by atoms with Crippen LogP contribution >= 0.6 is 15.9 Å². The van der Waals surface area contributed by atoms with Crippen LogP contribution in [0.5, 0.6) is 5.75 Å². The first-order valence-electron chi connectivity index (χ1n) is 6.07. The van der Waals surface area contributed by atoms with Crippen molar-refractivity contribution in [3.63, 3.8) is 0 Å². The number of ether oxygens (including phenoxy) is 1. The van der Waals surface area contributed by atoms with E-state index >= 15 is 0 Å². The van der Waals surface area contributed by atoms with Gasteiger partial charge in [0.15, 0.2) is 6.10 Å². The van der Waals surface area contributed by atoms with E-state index in [4.69, 9.17) is 4.74 Å². The van der Waals surface area contributed by atoms with Crippen LogP contribution < -0.4 is 4.74 Å². The Hall–Kier alpha value is -1.24. The minimum absolute atomic E-state index is 0.00541. The van der Waals surface area contributed by atoms with E-state index in [0.29, 0.717) is 12.2 Å². The lowest BCUT2D eigenvalue weighted by Gasteiger charge is -2.25. The molecular formula is C13H13BrF3NO2. The standard InChI is InChI=1S/C13H13BrF3NO2/c14-5-6-18(8-13(15,16)17)12(19)11-7-9-3-1-2-4-10(9)20-11/h1-4,11H,5-8H2. The smallest absolute Gasteiger partial charge is 0.406 e. The van der Waals surface area contributed by atoms with Crippen molar-refractivity contribution in [2.45, 2.75) is 18.7 Å². The predicted molar refractivity (Wildman–Crippen MR) is 71.0 cm³/mol. The zero-order valence-electron chi connectivity index (χ0n) is 10.5. The molecule has 1 aliphatic heterocycles. The molecule has 7 heteroatoms. The maximum atomic E-state index is 12.5. The Bertz CT molecular complexity index is 468. The van der Waals surface area contributed by atoms with Crippen LogP contribution in [-0.2, 0) is 11.2 Å². The lowest BCUT2D eigenvalue weighted by molar-refractivity contribution is -0.164. The van der Waals surface area contributed by atoms with Crippen molar-refractivity contribution < 1.29 is 22.7 Å². The fourth-order valence-corrected chi connectivity index (χ4v) is 2.54. The highest BCUT2D eigenvalue weighted by atomic mass is 79.9. The largest absolute Gasteiger partial charge is 0.480 e. The molecule has 0 bridgehead atoms. The summed E-state index contributed by atoms with van der Waals surface area (Å²) in [6, 6.07) is 7.08. The van der Waals surface area contributed by atoms with Gasteiger partial charge in [-0.1, -0.05) is 34.1 Å². The molecule has 1 unspecified atom stereocenters. The highest BCUT2D eigenvalue weighted by Crippen LogP contribution is 2.29. The SMILES string of the molecule is O=C(C1Cc2ccccc2O1)N(CCBr)CC(F)(F)F. The van der Waals surface area contributed by atoms with Gasteiger partial charge >= 0.3 is 6.18 Å². The van der Waals surface area contributed by atoms with Gasteiger partial charge in [-0.2, -0.15) is 13.2 Å². The predicted octanol–water partition coefficient (Wildman–Crippen LogP) is 2.78. The molecule has 0 saturated heterocycles. The molecule has 1 aromatic rings. The number of alkyl halides is 4. The van der Waals surface area contributed by atoms with E-state index in [2.05, 4.69) is 15.9 Å². The van der Waals surface area contributed by atoms with Gasteiger partial charge in [0, 0.05) is 18.3 Å². The van der Waals surface area contributed by atoms with Crippen LogP contribution in [0, 0.1) is 0 Å². The third-order valence-electron chi connectivity index (χ3n) is 2.96. The van der Waals surface area contributed by atoms with Crippen LogP contribution in [0.2, 0.25) is 0 Å². The lowest BCUT2D eigenvalue weighted by atomic mass is 10.1. The molecule has 0 aromatic heterocycles. The van der Waals surface area contributed by atoms with Gasteiger partial charge < -0.3 is 9.64 Å². The molecule has 3 nitrogen and oxygen atoms in total. The number of para-hydroxylation sites is 1.